The number of nitrogens with one attached hydrogen (secondary N) is 2. The number of carbonyl (C=O) groups is 2. The van der Waals surface area contributed by atoms with E-state index >= 15 is 0 Å². The summed E-state index contributed by atoms with van der Waals surface area (Å²) < 4.78 is 7.00. The van der Waals surface area contributed by atoms with Crippen molar-refractivity contribution >= 4 is 11.8 Å². The number of rotatable bonds is 8. The summed E-state index contributed by atoms with van der Waals surface area (Å²) in [4.78, 5) is 27.5. The maximum absolute atomic E-state index is 12.6. The van der Waals surface area contributed by atoms with Gasteiger partial charge in [0, 0.05) is 43.6 Å². The van der Waals surface area contributed by atoms with Crippen LogP contribution >= 0.6 is 0 Å². The Hall–Kier alpha value is -1.93. The molecule has 1 aromatic rings. The molecule has 2 rings (SSSR count). The fourth-order valence-corrected chi connectivity index (χ4v) is 4.17. The van der Waals surface area contributed by atoms with Crippen LogP contribution in [-0.4, -0.2) is 71.9 Å². The molecule has 8 nitrogen and oxygen atoms in total. The number of nitrogens with zero attached hydrogens (tertiary/aromatic N) is 3. The molecule has 0 spiro atoms. The first-order valence-corrected chi connectivity index (χ1v) is 11.3. The van der Waals surface area contributed by atoms with E-state index in [2.05, 4.69) is 62.3 Å². The molecule has 1 aliphatic rings. The number of methoxy groups -OCH3 is 1. The Morgan fingerprint density at radius 1 is 1.32 bits per heavy atom. The van der Waals surface area contributed by atoms with Crippen LogP contribution in [0.15, 0.2) is 6.07 Å². The molecule has 0 bridgehead atoms. The average molecular weight is 436 g/mol. The van der Waals surface area contributed by atoms with Gasteiger partial charge in [0.2, 0.25) is 5.91 Å². The molecule has 1 fully saturated rings. The highest BCUT2D eigenvalue weighted by molar-refractivity contribution is 5.95. The molecule has 0 aromatic carbocycles. The SMILES string of the molecule is COC[C@H]1C[C@H](N(C)C(C)C)CC[C@@H]1NC(=O)CNC(=O)c1cc(C(C)(C)C)nn1C. The van der Waals surface area contributed by atoms with Gasteiger partial charge in [-0.05, 0) is 46.2 Å². The van der Waals surface area contributed by atoms with Crippen LogP contribution in [0.4, 0.5) is 0 Å². The Kier molecular flexibility index (Phi) is 8.65. The fourth-order valence-electron chi connectivity index (χ4n) is 4.17. The van der Waals surface area contributed by atoms with Crippen LogP contribution in [0.2, 0.25) is 0 Å². The molecule has 31 heavy (non-hydrogen) atoms. The van der Waals surface area contributed by atoms with Gasteiger partial charge < -0.3 is 20.3 Å². The maximum Gasteiger partial charge on any atom is 0.269 e. The monoisotopic (exact) mass is 435 g/mol. The van der Waals surface area contributed by atoms with Crippen molar-refractivity contribution in [2.45, 2.75) is 77.4 Å². The first-order valence-electron chi connectivity index (χ1n) is 11.3. The second kappa shape index (κ2) is 10.6. The molecule has 0 saturated heterocycles. The first-order chi connectivity index (χ1) is 14.4. The van der Waals surface area contributed by atoms with Crippen LogP contribution in [0.3, 0.4) is 0 Å². The third-order valence-electron chi connectivity index (χ3n) is 6.36. The number of hydrogen-bond donors (Lipinski definition) is 2. The zero-order chi connectivity index (χ0) is 23.3. The van der Waals surface area contributed by atoms with E-state index < -0.39 is 0 Å². The smallest absolute Gasteiger partial charge is 0.269 e. The van der Waals surface area contributed by atoms with Crippen molar-refractivity contribution in [3.63, 3.8) is 0 Å². The minimum Gasteiger partial charge on any atom is -0.384 e. The van der Waals surface area contributed by atoms with Gasteiger partial charge in [0.05, 0.1) is 18.8 Å². The van der Waals surface area contributed by atoms with E-state index in [0.29, 0.717) is 24.4 Å². The van der Waals surface area contributed by atoms with Crippen molar-refractivity contribution in [2.75, 3.05) is 27.3 Å². The largest absolute Gasteiger partial charge is 0.384 e. The van der Waals surface area contributed by atoms with E-state index in [1.165, 1.54) is 0 Å². The summed E-state index contributed by atoms with van der Waals surface area (Å²) in [6.07, 6.45) is 2.94. The van der Waals surface area contributed by atoms with E-state index in [9.17, 15) is 9.59 Å². The highest BCUT2D eigenvalue weighted by atomic mass is 16.5. The molecular weight excluding hydrogens is 394 g/mol. The summed E-state index contributed by atoms with van der Waals surface area (Å²) in [6.45, 7) is 11.1. The highest BCUT2D eigenvalue weighted by Gasteiger charge is 2.33. The van der Waals surface area contributed by atoms with Crippen LogP contribution in [0.1, 0.15) is 70.1 Å². The standard InChI is InChI=1S/C23H41N5O3/c1-15(2)27(6)17-9-10-18(16(11-17)14-31-8)25-21(29)13-24-22(30)19-12-20(23(3,4)5)26-28(19)7/h12,15-18H,9-11,13-14H2,1-8H3,(H,24,30)(H,25,29)/t16-,17-,18+/m1/s1. The molecule has 3 atom stereocenters. The zero-order valence-corrected chi connectivity index (χ0v) is 20.5. The van der Waals surface area contributed by atoms with Gasteiger partial charge in [-0.25, -0.2) is 0 Å². The van der Waals surface area contributed by atoms with Gasteiger partial charge in [-0.15, -0.1) is 0 Å². The van der Waals surface area contributed by atoms with Gasteiger partial charge in [-0.3, -0.25) is 14.3 Å². The first kappa shape index (κ1) is 25.3. The molecule has 1 heterocycles. The predicted octanol–water partition coefficient (Wildman–Crippen LogP) is 2.09. The van der Waals surface area contributed by atoms with Crippen LogP contribution < -0.4 is 10.6 Å². The minimum atomic E-state index is -0.295. The Morgan fingerprint density at radius 2 is 2.00 bits per heavy atom. The van der Waals surface area contributed by atoms with Crippen molar-refractivity contribution in [2.24, 2.45) is 13.0 Å². The fraction of sp³-hybridized carbons (Fsp3) is 0.783. The minimum absolute atomic E-state index is 0.0552. The third-order valence-corrected chi connectivity index (χ3v) is 6.36. The van der Waals surface area contributed by atoms with E-state index in [1.807, 2.05) is 0 Å². The molecule has 2 amide bonds. The number of aromatic nitrogens is 2. The van der Waals surface area contributed by atoms with Crippen LogP contribution in [0.5, 0.6) is 0 Å². The summed E-state index contributed by atoms with van der Waals surface area (Å²) in [5.74, 6) is -0.208. The number of aryl methyl sites for hydroxylation is 1. The number of ether oxygens (including phenoxy) is 1. The summed E-state index contributed by atoms with van der Waals surface area (Å²) in [7, 11) is 5.61. The van der Waals surface area contributed by atoms with Gasteiger partial charge in [0.25, 0.3) is 5.91 Å². The molecule has 0 radical (unpaired) electrons. The Balaban J connectivity index is 1.91. The van der Waals surface area contributed by atoms with Gasteiger partial charge in [-0.2, -0.15) is 5.10 Å². The van der Waals surface area contributed by atoms with Gasteiger partial charge in [-0.1, -0.05) is 20.8 Å². The summed E-state index contributed by atoms with van der Waals surface area (Å²) in [5, 5.41) is 10.3. The van der Waals surface area contributed by atoms with Crippen molar-refractivity contribution in [3.05, 3.63) is 17.5 Å². The topological polar surface area (TPSA) is 88.5 Å². The average Bonchev–Trinajstić information content (AvgIpc) is 3.09. The van der Waals surface area contributed by atoms with Gasteiger partial charge in [0.15, 0.2) is 0 Å². The maximum atomic E-state index is 12.6. The number of hydrogen-bond acceptors (Lipinski definition) is 5. The molecule has 176 valence electrons. The van der Waals surface area contributed by atoms with Crippen LogP contribution in [-0.2, 0) is 22.0 Å². The zero-order valence-electron chi connectivity index (χ0n) is 20.5. The summed E-state index contributed by atoms with van der Waals surface area (Å²) in [6, 6.07) is 2.83. The molecule has 2 N–H and O–H groups in total. The van der Waals surface area contributed by atoms with E-state index in [-0.39, 0.29) is 35.7 Å². The normalized spacial score (nSPS) is 22.1. The Bertz CT molecular complexity index is 753. The Labute approximate surface area is 187 Å². The molecule has 0 unspecified atom stereocenters. The molecule has 1 aliphatic carbocycles. The quantitative estimate of drug-likeness (QED) is 0.653. The molecule has 8 heteroatoms. The van der Waals surface area contributed by atoms with Gasteiger partial charge >= 0.3 is 0 Å². The number of amides is 2. The van der Waals surface area contributed by atoms with E-state index in [4.69, 9.17) is 4.74 Å². The van der Waals surface area contributed by atoms with E-state index in [1.54, 1.807) is 24.9 Å². The van der Waals surface area contributed by atoms with Crippen molar-refractivity contribution in [1.82, 2.24) is 25.3 Å². The van der Waals surface area contributed by atoms with Gasteiger partial charge in [0.1, 0.15) is 5.69 Å². The molecule has 0 aliphatic heterocycles. The summed E-state index contributed by atoms with van der Waals surface area (Å²) >= 11 is 0. The third kappa shape index (κ3) is 6.77. The lowest BCUT2D eigenvalue weighted by molar-refractivity contribution is -0.121. The van der Waals surface area contributed by atoms with E-state index in [0.717, 1.165) is 25.0 Å². The second-order valence-electron chi connectivity index (χ2n) is 10.1. The lowest BCUT2D eigenvalue weighted by atomic mass is 9.81. The lowest BCUT2D eigenvalue weighted by Gasteiger charge is -2.41. The Morgan fingerprint density at radius 3 is 2.55 bits per heavy atom. The second-order valence-corrected chi connectivity index (χ2v) is 10.1. The lowest BCUT2D eigenvalue weighted by Crippen LogP contribution is -2.52. The van der Waals surface area contributed by atoms with Crippen LogP contribution in [0.25, 0.3) is 0 Å². The highest BCUT2D eigenvalue weighted by Crippen LogP contribution is 2.29. The molecule has 1 aromatic heterocycles. The predicted molar refractivity (Wildman–Crippen MR) is 122 cm³/mol. The van der Waals surface area contributed by atoms with Crippen molar-refractivity contribution < 1.29 is 14.3 Å². The van der Waals surface area contributed by atoms with Crippen molar-refractivity contribution in [1.29, 1.82) is 0 Å². The molecule has 1 saturated carbocycles. The van der Waals surface area contributed by atoms with Crippen molar-refractivity contribution in [3.8, 4) is 0 Å². The summed E-state index contributed by atoms with van der Waals surface area (Å²) in [5.41, 5.74) is 1.15. The molecular formula is C23H41N5O3. The van der Waals surface area contributed by atoms with Crippen LogP contribution in [0, 0.1) is 5.92 Å². The number of carbonyl (C=O) groups excluding carboxylic acids is 2.